The van der Waals surface area contributed by atoms with E-state index in [0.29, 0.717) is 16.4 Å². The summed E-state index contributed by atoms with van der Waals surface area (Å²) in [5.74, 6) is -0.312. The van der Waals surface area contributed by atoms with E-state index in [-0.39, 0.29) is 18.1 Å². The van der Waals surface area contributed by atoms with Gasteiger partial charge in [0.15, 0.2) is 0 Å². The van der Waals surface area contributed by atoms with Crippen LogP contribution in [0.25, 0.3) is 0 Å². The minimum Gasteiger partial charge on any atom is -0.506 e. The fourth-order valence-corrected chi connectivity index (χ4v) is 1.70. The number of hydrogen-bond acceptors (Lipinski definition) is 3. The molecule has 0 bridgehead atoms. The lowest BCUT2D eigenvalue weighted by Crippen LogP contribution is -2.14. The first-order valence-electron chi connectivity index (χ1n) is 5.34. The maximum absolute atomic E-state index is 11.7. The number of nitrogens with zero attached hydrogens (tertiary/aromatic N) is 1. The molecule has 94 valence electrons. The predicted molar refractivity (Wildman–Crippen MR) is 68.8 cm³/mol. The molecular formula is C12H12ClN3O2. The third kappa shape index (κ3) is 3.01. The number of carbonyl (C=O) groups is 1. The number of phenolic OH excluding ortho intramolecular Hbond substituents is 1. The van der Waals surface area contributed by atoms with Gasteiger partial charge in [0.1, 0.15) is 5.75 Å². The lowest BCUT2D eigenvalue weighted by atomic mass is 10.2. The Morgan fingerprint density at radius 3 is 2.89 bits per heavy atom. The van der Waals surface area contributed by atoms with Crippen LogP contribution in [0.3, 0.4) is 0 Å². The number of aromatic amines is 1. The summed E-state index contributed by atoms with van der Waals surface area (Å²) in [4.78, 5) is 11.7. The molecule has 0 fully saturated rings. The number of carbonyl (C=O) groups excluding carboxylic acids is 1. The maximum atomic E-state index is 11.7. The molecule has 0 saturated heterocycles. The van der Waals surface area contributed by atoms with Crippen molar-refractivity contribution in [1.82, 2.24) is 10.2 Å². The van der Waals surface area contributed by atoms with Gasteiger partial charge < -0.3 is 10.4 Å². The third-order valence-corrected chi connectivity index (χ3v) is 2.57. The zero-order valence-electron chi connectivity index (χ0n) is 9.70. The number of halogens is 1. The van der Waals surface area contributed by atoms with Crippen molar-refractivity contribution in [3.05, 3.63) is 40.7 Å². The Balaban J connectivity index is 2.03. The van der Waals surface area contributed by atoms with Crippen LogP contribution >= 0.6 is 11.6 Å². The fraction of sp³-hybridized carbons (Fsp3) is 0.167. The van der Waals surface area contributed by atoms with Gasteiger partial charge in [0, 0.05) is 16.8 Å². The molecule has 0 aliphatic heterocycles. The molecule has 3 N–H and O–H groups in total. The van der Waals surface area contributed by atoms with E-state index >= 15 is 0 Å². The second-order valence-electron chi connectivity index (χ2n) is 3.93. The summed E-state index contributed by atoms with van der Waals surface area (Å²) in [5.41, 5.74) is 1.88. The van der Waals surface area contributed by atoms with Gasteiger partial charge in [-0.25, -0.2) is 0 Å². The Hall–Kier alpha value is -2.01. The molecule has 0 radical (unpaired) electrons. The van der Waals surface area contributed by atoms with Crippen molar-refractivity contribution < 1.29 is 9.90 Å². The molecule has 18 heavy (non-hydrogen) atoms. The van der Waals surface area contributed by atoms with Crippen molar-refractivity contribution >= 4 is 23.2 Å². The number of aromatic nitrogens is 2. The molecule has 1 amide bonds. The summed E-state index contributed by atoms with van der Waals surface area (Å²) in [7, 11) is 0. The quantitative estimate of drug-likeness (QED) is 0.745. The molecule has 1 heterocycles. The summed E-state index contributed by atoms with van der Waals surface area (Å²) >= 11 is 5.70. The van der Waals surface area contributed by atoms with Gasteiger partial charge in [-0.1, -0.05) is 11.6 Å². The number of benzene rings is 1. The van der Waals surface area contributed by atoms with Crippen molar-refractivity contribution in [1.29, 1.82) is 0 Å². The van der Waals surface area contributed by atoms with Crippen molar-refractivity contribution in [3.63, 3.8) is 0 Å². The maximum Gasteiger partial charge on any atom is 0.230 e. The fourth-order valence-electron chi connectivity index (χ4n) is 1.53. The molecule has 5 nitrogen and oxygen atoms in total. The number of nitrogens with one attached hydrogen (secondary N) is 2. The highest BCUT2D eigenvalue weighted by Crippen LogP contribution is 2.26. The number of H-pyrrole nitrogens is 1. The van der Waals surface area contributed by atoms with Gasteiger partial charge in [-0.15, -0.1) is 0 Å². The van der Waals surface area contributed by atoms with Crippen molar-refractivity contribution in [3.8, 4) is 5.75 Å². The van der Waals surface area contributed by atoms with Gasteiger partial charge in [0.05, 0.1) is 17.8 Å². The van der Waals surface area contributed by atoms with E-state index in [1.54, 1.807) is 18.2 Å². The molecule has 2 rings (SSSR count). The summed E-state index contributed by atoms with van der Waals surface area (Å²) in [5, 5.41) is 19.3. The third-order valence-electron chi connectivity index (χ3n) is 2.33. The second-order valence-corrected chi connectivity index (χ2v) is 4.37. The second kappa shape index (κ2) is 5.10. The van der Waals surface area contributed by atoms with E-state index in [1.165, 1.54) is 6.07 Å². The number of amides is 1. The van der Waals surface area contributed by atoms with Crippen molar-refractivity contribution in [2.75, 3.05) is 5.32 Å². The van der Waals surface area contributed by atoms with Crippen LogP contribution in [0.5, 0.6) is 5.75 Å². The van der Waals surface area contributed by atoms with Gasteiger partial charge in [0.25, 0.3) is 0 Å². The molecule has 6 heteroatoms. The van der Waals surface area contributed by atoms with Crippen LogP contribution in [0.2, 0.25) is 5.02 Å². The molecule has 0 atom stereocenters. The van der Waals surface area contributed by atoms with Crippen LogP contribution in [0, 0.1) is 6.92 Å². The normalized spacial score (nSPS) is 10.3. The molecule has 1 aromatic carbocycles. The topological polar surface area (TPSA) is 78.0 Å². The molecule has 0 spiro atoms. The predicted octanol–water partition coefficient (Wildman–Crippen LogP) is 2.26. The highest BCUT2D eigenvalue weighted by Gasteiger charge is 2.09. The van der Waals surface area contributed by atoms with E-state index in [9.17, 15) is 9.90 Å². The molecule has 0 aliphatic carbocycles. The minimum absolute atomic E-state index is 0.0611. The molecule has 0 unspecified atom stereocenters. The lowest BCUT2D eigenvalue weighted by Gasteiger charge is -2.06. The molecule has 0 aliphatic rings. The Labute approximate surface area is 109 Å². The highest BCUT2D eigenvalue weighted by atomic mass is 35.5. The smallest absolute Gasteiger partial charge is 0.230 e. The van der Waals surface area contributed by atoms with Gasteiger partial charge in [0.2, 0.25) is 5.91 Å². The standard InChI is InChI=1S/C12H12ClN3O2/c1-7-4-9(16-15-7)6-12(18)14-10-3-2-8(13)5-11(10)17/h2-5,17H,6H2,1H3,(H,14,18)(H,15,16). The Kier molecular flexibility index (Phi) is 3.53. The summed E-state index contributed by atoms with van der Waals surface area (Å²) in [6.07, 6.45) is 0.145. The number of aryl methyl sites for hydroxylation is 1. The van der Waals surface area contributed by atoms with Crippen LogP contribution in [0.1, 0.15) is 11.4 Å². The number of rotatable bonds is 3. The van der Waals surface area contributed by atoms with E-state index in [2.05, 4.69) is 15.5 Å². The minimum atomic E-state index is -0.251. The monoisotopic (exact) mass is 265 g/mol. The zero-order valence-corrected chi connectivity index (χ0v) is 10.5. The van der Waals surface area contributed by atoms with E-state index in [1.807, 2.05) is 6.92 Å². The van der Waals surface area contributed by atoms with Gasteiger partial charge >= 0.3 is 0 Å². The average Bonchev–Trinajstić information content (AvgIpc) is 2.68. The molecule has 1 aromatic heterocycles. The number of hydrogen-bond donors (Lipinski definition) is 3. The first-order valence-corrected chi connectivity index (χ1v) is 5.71. The van der Waals surface area contributed by atoms with Crippen molar-refractivity contribution in [2.45, 2.75) is 13.3 Å². The van der Waals surface area contributed by atoms with Gasteiger partial charge in [-0.05, 0) is 25.1 Å². The van der Waals surface area contributed by atoms with Gasteiger partial charge in [-0.3, -0.25) is 9.89 Å². The van der Waals surface area contributed by atoms with Crippen molar-refractivity contribution in [2.24, 2.45) is 0 Å². The molecule has 2 aromatic rings. The lowest BCUT2D eigenvalue weighted by molar-refractivity contribution is -0.115. The first-order chi connectivity index (χ1) is 8.54. The van der Waals surface area contributed by atoms with E-state index in [4.69, 9.17) is 11.6 Å². The first kappa shape index (κ1) is 12.4. The summed E-state index contributed by atoms with van der Waals surface area (Å²) in [6, 6.07) is 6.30. The van der Waals surface area contributed by atoms with Crippen LogP contribution in [0.4, 0.5) is 5.69 Å². The largest absolute Gasteiger partial charge is 0.506 e. The number of aromatic hydroxyl groups is 1. The van der Waals surface area contributed by atoms with Crippen LogP contribution in [-0.2, 0) is 11.2 Å². The van der Waals surface area contributed by atoms with E-state index in [0.717, 1.165) is 5.69 Å². The number of anilines is 1. The Morgan fingerprint density at radius 1 is 1.50 bits per heavy atom. The molecular weight excluding hydrogens is 254 g/mol. The van der Waals surface area contributed by atoms with Gasteiger partial charge in [-0.2, -0.15) is 5.10 Å². The number of phenols is 1. The zero-order chi connectivity index (χ0) is 13.1. The Morgan fingerprint density at radius 2 is 2.28 bits per heavy atom. The molecule has 0 saturated carbocycles. The average molecular weight is 266 g/mol. The summed E-state index contributed by atoms with van der Waals surface area (Å²) in [6.45, 7) is 1.86. The Bertz CT molecular complexity index is 580. The van der Waals surface area contributed by atoms with Crippen LogP contribution in [-0.4, -0.2) is 21.2 Å². The SMILES string of the molecule is Cc1cc(CC(=O)Nc2ccc(Cl)cc2O)n[nH]1. The van der Waals surface area contributed by atoms with Crippen LogP contribution in [0.15, 0.2) is 24.3 Å². The summed E-state index contributed by atoms with van der Waals surface area (Å²) < 4.78 is 0. The van der Waals surface area contributed by atoms with E-state index < -0.39 is 0 Å². The van der Waals surface area contributed by atoms with Crippen LogP contribution < -0.4 is 5.32 Å². The highest BCUT2D eigenvalue weighted by molar-refractivity contribution is 6.30.